The van der Waals surface area contributed by atoms with Crippen LogP contribution in [0.25, 0.3) is 0 Å². The summed E-state index contributed by atoms with van der Waals surface area (Å²) in [5, 5.41) is 9.77. The van der Waals surface area contributed by atoms with Crippen molar-refractivity contribution in [2.45, 2.75) is 57.2 Å². The molecule has 0 amide bonds. The summed E-state index contributed by atoms with van der Waals surface area (Å²) in [7, 11) is 0. The zero-order valence-electron chi connectivity index (χ0n) is 10.9. The van der Waals surface area contributed by atoms with Crippen LogP contribution in [0, 0.1) is 0 Å². The van der Waals surface area contributed by atoms with Crippen molar-refractivity contribution in [1.29, 1.82) is 0 Å². The Morgan fingerprint density at radius 3 is 2.84 bits per heavy atom. The molecular formula is C14H20Br2O3. The summed E-state index contributed by atoms with van der Waals surface area (Å²) >= 11 is 6.63. The van der Waals surface area contributed by atoms with E-state index in [-0.39, 0.29) is 12.1 Å². The number of esters is 1. The van der Waals surface area contributed by atoms with E-state index in [0.29, 0.717) is 6.42 Å². The van der Waals surface area contributed by atoms with Crippen molar-refractivity contribution < 1.29 is 14.6 Å². The van der Waals surface area contributed by atoms with Crippen LogP contribution in [0.2, 0.25) is 0 Å². The van der Waals surface area contributed by atoms with Gasteiger partial charge >= 0.3 is 5.97 Å². The molecule has 2 atom stereocenters. The second-order valence-corrected chi connectivity index (χ2v) is 7.42. The van der Waals surface area contributed by atoms with E-state index in [1.165, 1.54) is 0 Å². The number of aliphatic hydroxyl groups excluding tert-OH is 1. The number of halogens is 2. The van der Waals surface area contributed by atoms with Crippen molar-refractivity contribution in [2.75, 3.05) is 0 Å². The second kappa shape index (κ2) is 9.72. The summed E-state index contributed by atoms with van der Waals surface area (Å²) in [5.74, 6) is -0.143. The van der Waals surface area contributed by atoms with Gasteiger partial charge in [0.25, 0.3) is 0 Å². The molecule has 1 N–H and O–H groups in total. The van der Waals surface area contributed by atoms with Crippen molar-refractivity contribution in [3.05, 3.63) is 21.6 Å². The molecule has 0 unspecified atom stereocenters. The Labute approximate surface area is 131 Å². The zero-order valence-corrected chi connectivity index (χ0v) is 14.0. The predicted octanol–water partition coefficient (Wildman–Crippen LogP) is 4.19. The number of aliphatic hydroxyl groups is 1. The Bertz CT molecular complexity index is 336. The van der Waals surface area contributed by atoms with E-state index in [0.717, 1.165) is 41.9 Å². The Hall–Kier alpha value is -0.130. The number of ether oxygens (including phenoxy) is 1. The van der Waals surface area contributed by atoms with Crippen LogP contribution in [0.3, 0.4) is 0 Å². The molecule has 108 valence electrons. The quantitative estimate of drug-likeness (QED) is 0.380. The van der Waals surface area contributed by atoms with Gasteiger partial charge in [-0.1, -0.05) is 25.0 Å². The second-order valence-electron chi connectivity index (χ2n) is 4.65. The van der Waals surface area contributed by atoms with Crippen LogP contribution in [0.1, 0.15) is 44.9 Å². The lowest BCUT2D eigenvalue weighted by molar-refractivity contribution is -0.140. The molecule has 0 aromatic carbocycles. The third kappa shape index (κ3) is 8.60. The minimum atomic E-state index is -0.433. The van der Waals surface area contributed by atoms with E-state index < -0.39 is 6.10 Å². The third-order valence-electron chi connectivity index (χ3n) is 2.97. The highest BCUT2D eigenvalue weighted by Crippen LogP contribution is 2.17. The van der Waals surface area contributed by atoms with E-state index in [1.54, 1.807) is 12.2 Å². The van der Waals surface area contributed by atoms with Gasteiger partial charge in [0, 0.05) is 6.42 Å². The van der Waals surface area contributed by atoms with Gasteiger partial charge in [0.05, 0.1) is 9.50 Å². The van der Waals surface area contributed by atoms with Crippen molar-refractivity contribution in [3.63, 3.8) is 0 Å². The average molecular weight is 396 g/mol. The molecule has 5 heteroatoms. The summed E-state index contributed by atoms with van der Waals surface area (Å²) in [5.41, 5.74) is 0. The van der Waals surface area contributed by atoms with Gasteiger partial charge in [-0.2, -0.15) is 0 Å². The van der Waals surface area contributed by atoms with Gasteiger partial charge in [-0.05, 0) is 63.6 Å². The summed E-state index contributed by atoms with van der Waals surface area (Å²) < 4.78 is 6.03. The number of cyclic esters (lactones) is 1. The number of hydrogen-bond acceptors (Lipinski definition) is 3. The van der Waals surface area contributed by atoms with E-state index in [2.05, 4.69) is 37.9 Å². The van der Waals surface area contributed by atoms with E-state index >= 15 is 0 Å². The van der Waals surface area contributed by atoms with Crippen molar-refractivity contribution in [2.24, 2.45) is 0 Å². The first-order chi connectivity index (χ1) is 9.08. The molecule has 0 saturated carbocycles. The van der Waals surface area contributed by atoms with Crippen LogP contribution in [-0.4, -0.2) is 23.3 Å². The standard InChI is InChI=1S/C14H20Br2O3/c15-13(16)6-4-2-1-3-5-11(17)7-8-12-9-10-14(18)19-12/h6-8,11-12,17H,1-5,9-10H2/b8-7+/t11-,12+/m1/s1. The molecule has 1 aliphatic heterocycles. The first kappa shape index (κ1) is 16.9. The number of hydrogen-bond donors (Lipinski definition) is 1. The van der Waals surface area contributed by atoms with E-state index in [4.69, 9.17) is 4.74 Å². The topological polar surface area (TPSA) is 46.5 Å². The smallest absolute Gasteiger partial charge is 0.306 e. The maximum Gasteiger partial charge on any atom is 0.306 e. The fraction of sp³-hybridized carbons (Fsp3) is 0.643. The largest absolute Gasteiger partial charge is 0.458 e. The highest BCUT2D eigenvalue weighted by atomic mass is 79.9. The molecule has 0 aliphatic carbocycles. The van der Waals surface area contributed by atoms with Crippen molar-refractivity contribution in [3.8, 4) is 0 Å². The zero-order chi connectivity index (χ0) is 14.1. The van der Waals surface area contributed by atoms with Crippen molar-refractivity contribution >= 4 is 37.8 Å². The number of rotatable bonds is 8. The molecule has 0 aromatic rings. The molecular weight excluding hydrogens is 376 g/mol. The SMILES string of the molecule is O=C1CC[C@H](/C=C/[C@H](O)CCCCCC=C(Br)Br)O1. The monoisotopic (exact) mass is 394 g/mol. The van der Waals surface area contributed by atoms with Crippen molar-refractivity contribution in [1.82, 2.24) is 0 Å². The Kier molecular flexibility index (Phi) is 8.66. The molecule has 0 spiro atoms. The molecule has 1 fully saturated rings. The fourth-order valence-corrected chi connectivity index (χ4v) is 2.37. The fourth-order valence-electron chi connectivity index (χ4n) is 1.92. The third-order valence-corrected chi connectivity index (χ3v) is 3.61. The first-order valence-electron chi connectivity index (χ1n) is 6.65. The maximum atomic E-state index is 10.9. The van der Waals surface area contributed by atoms with Gasteiger partial charge in [-0.15, -0.1) is 0 Å². The average Bonchev–Trinajstić information content (AvgIpc) is 2.76. The van der Waals surface area contributed by atoms with Crippen LogP contribution < -0.4 is 0 Å². The number of allylic oxidation sites excluding steroid dienone is 1. The van der Waals surface area contributed by atoms with Gasteiger partial charge in [0.15, 0.2) is 0 Å². The molecule has 1 aliphatic rings. The minimum absolute atomic E-state index is 0.136. The Morgan fingerprint density at radius 2 is 2.21 bits per heavy atom. The molecule has 1 heterocycles. The highest BCUT2D eigenvalue weighted by Gasteiger charge is 2.20. The van der Waals surface area contributed by atoms with Crippen LogP contribution in [0.15, 0.2) is 21.6 Å². The lowest BCUT2D eigenvalue weighted by atomic mass is 10.1. The summed E-state index contributed by atoms with van der Waals surface area (Å²) in [6, 6.07) is 0. The van der Waals surface area contributed by atoms with E-state index in [1.807, 2.05) is 0 Å². The molecule has 0 bridgehead atoms. The van der Waals surface area contributed by atoms with Crippen LogP contribution in [0.5, 0.6) is 0 Å². The summed E-state index contributed by atoms with van der Waals surface area (Å²) in [4.78, 5) is 10.9. The van der Waals surface area contributed by atoms with Crippen LogP contribution in [-0.2, 0) is 9.53 Å². The minimum Gasteiger partial charge on any atom is -0.458 e. The summed E-state index contributed by atoms with van der Waals surface area (Å²) in [6.45, 7) is 0. The molecule has 0 aromatic heterocycles. The number of carbonyl (C=O) groups is 1. The first-order valence-corrected chi connectivity index (χ1v) is 8.23. The normalized spacial score (nSPS) is 20.6. The predicted molar refractivity (Wildman–Crippen MR) is 83.3 cm³/mol. The van der Waals surface area contributed by atoms with Gasteiger partial charge in [0.2, 0.25) is 0 Å². The molecule has 1 saturated heterocycles. The lowest BCUT2D eigenvalue weighted by Gasteiger charge is -2.07. The maximum absolute atomic E-state index is 10.9. The van der Waals surface area contributed by atoms with Gasteiger partial charge in [-0.25, -0.2) is 0 Å². The van der Waals surface area contributed by atoms with Crippen LogP contribution in [0.4, 0.5) is 0 Å². The Balaban J connectivity index is 2.04. The number of unbranched alkanes of at least 4 members (excludes halogenated alkanes) is 3. The summed E-state index contributed by atoms with van der Waals surface area (Å²) in [6.07, 6.45) is 11.3. The molecule has 1 rings (SSSR count). The van der Waals surface area contributed by atoms with Crippen LogP contribution >= 0.6 is 31.9 Å². The molecule has 19 heavy (non-hydrogen) atoms. The van der Waals surface area contributed by atoms with Gasteiger partial charge in [0.1, 0.15) is 6.10 Å². The highest BCUT2D eigenvalue weighted by molar-refractivity contribution is 9.28. The molecule has 0 radical (unpaired) electrons. The Morgan fingerprint density at radius 1 is 1.42 bits per heavy atom. The number of carbonyl (C=O) groups excluding carboxylic acids is 1. The van der Waals surface area contributed by atoms with Gasteiger partial charge < -0.3 is 9.84 Å². The van der Waals surface area contributed by atoms with Gasteiger partial charge in [-0.3, -0.25) is 4.79 Å². The lowest BCUT2D eigenvalue weighted by Crippen LogP contribution is -2.06. The molecule has 3 nitrogen and oxygen atoms in total. The van der Waals surface area contributed by atoms with E-state index in [9.17, 15) is 9.90 Å².